The molecule has 1 aromatic carbocycles. The maximum atomic E-state index is 12.0. The van der Waals surface area contributed by atoms with Gasteiger partial charge in [-0.2, -0.15) is 13.2 Å². The van der Waals surface area contributed by atoms with Gasteiger partial charge in [-0.25, -0.2) is 0 Å². The van der Waals surface area contributed by atoms with Crippen molar-refractivity contribution in [2.75, 3.05) is 5.73 Å². The minimum atomic E-state index is -4.40. The van der Waals surface area contributed by atoms with Crippen molar-refractivity contribution >= 4 is 5.69 Å². The van der Waals surface area contributed by atoms with Crippen molar-refractivity contribution in [3.8, 4) is 0 Å². The van der Waals surface area contributed by atoms with Crippen molar-refractivity contribution in [2.45, 2.75) is 12.7 Å². The van der Waals surface area contributed by atoms with Crippen molar-refractivity contribution in [3.05, 3.63) is 42.1 Å². The zero-order valence-corrected chi connectivity index (χ0v) is 7.93. The second-order valence-corrected chi connectivity index (χ2v) is 3.07. The van der Waals surface area contributed by atoms with Crippen molar-refractivity contribution in [1.29, 1.82) is 0 Å². The lowest BCUT2D eigenvalue weighted by Crippen LogP contribution is -2.24. The first kappa shape index (κ1) is 11.4. The van der Waals surface area contributed by atoms with Gasteiger partial charge in [0.05, 0.1) is 0 Å². The predicted octanol–water partition coefficient (Wildman–Crippen LogP) is 2.43. The second kappa shape index (κ2) is 4.25. The molecule has 2 nitrogen and oxygen atoms in total. The lowest BCUT2D eigenvalue weighted by Gasteiger charge is -2.12. The van der Waals surface area contributed by atoms with Gasteiger partial charge >= 0.3 is 6.18 Å². The molecule has 0 amide bonds. The Hall–Kier alpha value is -1.65. The molecular formula is C10H11F3N2. The first-order valence-corrected chi connectivity index (χ1v) is 4.24. The minimum Gasteiger partial charge on any atom is -0.399 e. The van der Waals surface area contributed by atoms with E-state index in [0.29, 0.717) is 5.69 Å². The van der Waals surface area contributed by atoms with Crippen molar-refractivity contribution in [2.24, 2.45) is 0 Å². The van der Waals surface area contributed by atoms with Crippen molar-refractivity contribution < 1.29 is 13.2 Å². The molecule has 5 heteroatoms. The molecule has 1 aromatic rings. The molecule has 0 atom stereocenters. The van der Waals surface area contributed by atoms with E-state index in [1.165, 1.54) is 0 Å². The summed E-state index contributed by atoms with van der Waals surface area (Å²) in [5.74, 6) is 0. The summed E-state index contributed by atoms with van der Waals surface area (Å²) in [6.07, 6.45) is -4.40. The van der Waals surface area contributed by atoms with Crippen LogP contribution in [0.25, 0.3) is 0 Å². The van der Waals surface area contributed by atoms with E-state index in [4.69, 9.17) is 5.73 Å². The van der Waals surface area contributed by atoms with Gasteiger partial charge in [0, 0.05) is 12.2 Å². The molecule has 15 heavy (non-hydrogen) atoms. The van der Waals surface area contributed by atoms with Crippen molar-refractivity contribution in [3.63, 3.8) is 0 Å². The molecule has 0 aliphatic rings. The van der Waals surface area contributed by atoms with E-state index >= 15 is 0 Å². The number of hydrogen-bond donors (Lipinski definition) is 2. The smallest absolute Gasteiger partial charge is 0.399 e. The number of nitrogens with one attached hydrogen (secondary N) is 1. The first-order chi connectivity index (χ1) is 6.89. The third-order valence-corrected chi connectivity index (χ3v) is 1.83. The summed E-state index contributed by atoms with van der Waals surface area (Å²) >= 11 is 0. The highest BCUT2D eigenvalue weighted by Crippen LogP contribution is 2.21. The predicted molar refractivity (Wildman–Crippen MR) is 52.9 cm³/mol. The maximum Gasteiger partial charge on any atom is 0.430 e. The number of nitrogen functional groups attached to an aromatic ring is 1. The first-order valence-electron chi connectivity index (χ1n) is 4.24. The summed E-state index contributed by atoms with van der Waals surface area (Å²) in [6, 6.07) is 6.58. The van der Waals surface area contributed by atoms with Gasteiger partial charge in [-0.1, -0.05) is 18.7 Å². The van der Waals surface area contributed by atoms with E-state index in [0.717, 1.165) is 5.56 Å². The summed E-state index contributed by atoms with van der Waals surface area (Å²) in [5.41, 5.74) is 5.78. The van der Waals surface area contributed by atoms with Crippen LogP contribution in [-0.4, -0.2) is 6.18 Å². The molecule has 0 aromatic heterocycles. The Morgan fingerprint density at radius 1 is 1.27 bits per heavy atom. The van der Waals surface area contributed by atoms with Gasteiger partial charge in [-0.15, -0.1) is 0 Å². The van der Waals surface area contributed by atoms with Crippen LogP contribution in [0.4, 0.5) is 18.9 Å². The molecule has 0 bridgehead atoms. The number of alkyl halides is 3. The Bertz CT molecular complexity index is 341. The van der Waals surface area contributed by atoms with Crippen LogP contribution in [0, 0.1) is 0 Å². The molecule has 0 spiro atoms. The second-order valence-electron chi connectivity index (χ2n) is 3.07. The number of allylic oxidation sites excluding steroid dienone is 1. The normalized spacial score (nSPS) is 11.1. The summed E-state index contributed by atoms with van der Waals surface area (Å²) in [6.45, 7) is 2.98. The Kier molecular flexibility index (Phi) is 3.24. The average Bonchev–Trinajstić information content (AvgIpc) is 2.15. The average molecular weight is 216 g/mol. The lowest BCUT2D eigenvalue weighted by molar-refractivity contribution is -0.0964. The Morgan fingerprint density at radius 2 is 1.80 bits per heavy atom. The number of benzene rings is 1. The molecule has 0 saturated heterocycles. The lowest BCUT2D eigenvalue weighted by atomic mass is 10.2. The van der Waals surface area contributed by atoms with Gasteiger partial charge in [-0.3, -0.25) is 0 Å². The zero-order chi connectivity index (χ0) is 11.5. The van der Waals surface area contributed by atoms with Gasteiger partial charge in [0.15, 0.2) is 0 Å². The third kappa shape index (κ3) is 3.53. The minimum absolute atomic E-state index is 0.0820. The number of rotatable bonds is 3. The Morgan fingerprint density at radius 3 is 2.27 bits per heavy atom. The van der Waals surface area contributed by atoms with E-state index in [1.807, 2.05) is 0 Å². The fourth-order valence-electron chi connectivity index (χ4n) is 0.944. The summed E-state index contributed by atoms with van der Waals surface area (Å²) in [7, 11) is 0. The van der Waals surface area contributed by atoms with Gasteiger partial charge < -0.3 is 11.1 Å². The molecule has 0 heterocycles. The topological polar surface area (TPSA) is 38.0 Å². The largest absolute Gasteiger partial charge is 0.430 e. The van der Waals surface area contributed by atoms with Gasteiger partial charge in [0.2, 0.25) is 0 Å². The van der Waals surface area contributed by atoms with Crippen LogP contribution in [-0.2, 0) is 6.54 Å². The molecule has 0 saturated carbocycles. The number of nitrogens with two attached hydrogens (primary N) is 1. The molecular weight excluding hydrogens is 205 g/mol. The number of anilines is 1. The molecule has 0 aliphatic carbocycles. The monoisotopic (exact) mass is 216 g/mol. The fourth-order valence-corrected chi connectivity index (χ4v) is 0.944. The third-order valence-electron chi connectivity index (χ3n) is 1.83. The summed E-state index contributed by atoms with van der Waals surface area (Å²) in [4.78, 5) is 0. The van der Waals surface area contributed by atoms with Crippen LogP contribution in [0.1, 0.15) is 5.56 Å². The van der Waals surface area contributed by atoms with E-state index in [9.17, 15) is 13.2 Å². The number of halogens is 3. The maximum absolute atomic E-state index is 12.0. The van der Waals surface area contributed by atoms with Crippen molar-refractivity contribution in [1.82, 2.24) is 5.32 Å². The molecule has 82 valence electrons. The molecule has 0 aliphatic heterocycles. The van der Waals surface area contributed by atoms with Crippen LogP contribution in [0.5, 0.6) is 0 Å². The van der Waals surface area contributed by atoms with Crippen LogP contribution in [0.15, 0.2) is 36.5 Å². The van der Waals surface area contributed by atoms with Crippen LogP contribution in [0.2, 0.25) is 0 Å². The fraction of sp³-hybridized carbons (Fsp3) is 0.200. The van der Waals surface area contributed by atoms with E-state index in [-0.39, 0.29) is 6.54 Å². The van der Waals surface area contributed by atoms with E-state index in [1.54, 1.807) is 24.3 Å². The van der Waals surface area contributed by atoms with Crippen LogP contribution in [0.3, 0.4) is 0 Å². The number of hydrogen-bond acceptors (Lipinski definition) is 2. The highest BCUT2D eigenvalue weighted by Gasteiger charge is 2.31. The quantitative estimate of drug-likeness (QED) is 0.761. The highest BCUT2D eigenvalue weighted by molar-refractivity contribution is 5.39. The van der Waals surface area contributed by atoms with Gasteiger partial charge in [-0.05, 0) is 17.7 Å². The van der Waals surface area contributed by atoms with E-state index in [2.05, 4.69) is 11.9 Å². The van der Waals surface area contributed by atoms with Gasteiger partial charge in [0.1, 0.15) is 5.70 Å². The summed E-state index contributed by atoms with van der Waals surface area (Å²) < 4.78 is 36.1. The Balaban J connectivity index is 2.51. The molecule has 0 fully saturated rings. The summed E-state index contributed by atoms with van der Waals surface area (Å²) in [5, 5.41) is 2.20. The molecule has 0 radical (unpaired) electrons. The molecule has 1 rings (SSSR count). The standard InChI is InChI=1S/C10H11F3N2/c1-7(10(11,12)13)15-6-8-2-4-9(14)5-3-8/h2-5,15H,1,6,14H2. The van der Waals surface area contributed by atoms with Gasteiger partial charge in [0.25, 0.3) is 0 Å². The van der Waals surface area contributed by atoms with Crippen LogP contribution < -0.4 is 11.1 Å². The SMILES string of the molecule is C=C(NCc1ccc(N)cc1)C(F)(F)F. The molecule has 3 N–H and O–H groups in total. The van der Waals surface area contributed by atoms with E-state index < -0.39 is 11.9 Å². The molecule has 0 unspecified atom stereocenters. The highest BCUT2D eigenvalue weighted by atomic mass is 19.4. The Labute approximate surface area is 85.6 Å². The zero-order valence-electron chi connectivity index (χ0n) is 7.93. The van der Waals surface area contributed by atoms with Crippen LogP contribution >= 0.6 is 0 Å².